The van der Waals surface area contributed by atoms with Crippen molar-refractivity contribution in [3.05, 3.63) is 29.2 Å². The van der Waals surface area contributed by atoms with Gasteiger partial charge in [0.25, 0.3) is 0 Å². The molecule has 0 saturated carbocycles. The lowest BCUT2D eigenvalue weighted by molar-refractivity contribution is 0.390. The number of nitrogens with zero attached hydrogens (tertiary/aromatic N) is 3. The fourth-order valence-corrected chi connectivity index (χ4v) is 2.43. The molecule has 1 aromatic heterocycles. The van der Waals surface area contributed by atoms with Gasteiger partial charge in [-0.05, 0) is 5.18 Å². The summed E-state index contributed by atoms with van der Waals surface area (Å²) in [6, 6.07) is 7.14. The number of fused-ring (bicyclic) bond motifs is 2. The number of nitrogens with one attached hydrogen (secondary N) is 1. The second-order valence-electron chi connectivity index (χ2n) is 3.43. The van der Waals surface area contributed by atoms with E-state index in [1.54, 1.807) is 18.2 Å². The standard InChI is InChI=1S/C10H6N4O2S/c15-11-7-5-3-1-2-4-6(5)8(12-16)10-9(7)13-17-14-10/h1-4,11,15H. The molecule has 17 heavy (non-hydrogen) atoms. The zero-order chi connectivity index (χ0) is 11.8. The molecule has 0 aliphatic heterocycles. The van der Waals surface area contributed by atoms with Crippen LogP contribution in [-0.2, 0) is 0 Å². The van der Waals surface area contributed by atoms with Crippen molar-refractivity contribution in [2.75, 3.05) is 5.48 Å². The SMILES string of the molecule is O=Nc1c2ccccc2c(NO)c2nsnc12. The molecular weight excluding hydrogens is 240 g/mol. The van der Waals surface area contributed by atoms with Crippen LogP contribution in [0, 0.1) is 4.91 Å². The van der Waals surface area contributed by atoms with E-state index < -0.39 is 0 Å². The van der Waals surface area contributed by atoms with Crippen LogP contribution in [0.25, 0.3) is 21.8 Å². The van der Waals surface area contributed by atoms with Gasteiger partial charge in [0.1, 0.15) is 16.7 Å². The molecular formula is C10H6N4O2S. The topological polar surface area (TPSA) is 87.5 Å². The average Bonchev–Trinajstić information content (AvgIpc) is 2.84. The summed E-state index contributed by atoms with van der Waals surface area (Å²) in [5.41, 5.74) is 3.66. The lowest BCUT2D eigenvalue weighted by atomic mass is 10.1. The Balaban J connectivity index is 2.65. The number of hydrogen-bond acceptors (Lipinski definition) is 7. The number of anilines is 1. The van der Waals surface area contributed by atoms with Crippen LogP contribution in [0.1, 0.15) is 0 Å². The Morgan fingerprint density at radius 3 is 2.59 bits per heavy atom. The van der Waals surface area contributed by atoms with E-state index in [4.69, 9.17) is 0 Å². The van der Waals surface area contributed by atoms with Crippen LogP contribution in [0.3, 0.4) is 0 Å². The quantitative estimate of drug-likeness (QED) is 0.536. The third-order valence-electron chi connectivity index (χ3n) is 2.60. The van der Waals surface area contributed by atoms with Gasteiger partial charge in [0.15, 0.2) is 0 Å². The number of rotatable bonds is 2. The summed E-state index contributed by atoms with van der Waals surface area (Å²) in [6.45, 7) is 0. The lowest BCUT2D eigenvalue weighted by Crippen LogP contribution is -1.92. The van der Waals surface area contributed by atoms with E-state index in [9.17, 15) is 10.1 Å². The van der Waals surface area contributed by atoms with Crippen LogP contribution in [0.2, 0.25) is 0 Å². The highest BCUT2D eigenvalue weighted by Gasteiger charge is 2.17. The normalized spacial score (nSPS) is 10.9. The van der Waals surface area contributed by atoms with E-state index in [1.165, 1.54) is 0 Å². The number of hydrogen-bond donors (Lipinski definition) is 2. The van der Waals surface area contributed by atoms with Gasteiger partial charge >= 0.3 is 0 Å². The molecule has 0 bridgehead atoms. The van der Waals surface area contributed by atoms with E-state index in [0.29, 0.717) is 27.5 Å². The van der Waals surface area contributed by atoms with Crippen molar-refractivity contribution in [2.24, 2.45) is 5.18 Å². The van der Waals surface area contributed by atoms with E-state index in [2.05, 4.69) is 19.4 Å². The minimum atomic E-state index is 0.253. The summed E-state index contributed by atoms with van der Waals surface area (Å²) in [6.07, 6.45) is 0. The molecule has 6 nitrogen and oxygen atoms in total. The molecule has 7 heteroatoms. The minimum Gasteiger partial charge on any atom is -0.291 e. The van der Waals surface area contributed by atoms with Gasteiger partial charge < -0.3 is 0 Å². The maximum atomic E-state index is 10.9. The fraction of sp³-hybridized carbons (Fsp3) is 0. The maximum absolute atomic E-state index is 10.9. The molecule has 2 N–H and O–H groups in total. The van der Waals surface area contributed by atoms with Crippen LogP contribution in [0.15, 0.2) is 29.4 Å². The van der Waals surface area contributed by atoms with Crippen molar-refractivity contribution in [2.45, 2.75) is 0 Å². The second kappa shape index (κ2) is 3.72. The van der Waals surface area contributed by atoms with Crippen molar-refractivity contribution >= 4 is 44.9 Å². The predicted molar refractivity (Wildman–Crippen MR) is 65.8 cm³/mol. The van der Waals surface area contributed by atoms with Crippen molar-refractivity contribution in [3.63, 3.8) is 0 Å². The predicted octanol–water partition coefficient (Wildman–Crippen LogP) is 3.04. The van der Waals surface area contributed by atoms with Gasteiger partial charge in [0.2, 0.25) is 0 Å². The molecule has 0 aliphatic rings. The average molecular weight is 246 g/mol. The molecule has 0 radical (unpaired) electrons. The molecule has 0 amide bonds. The summed E-state index contributed by atoms with van der Waals surface area (Å²) in [7, 11) is 0. The fourth-order valence-electron chi connectivity index (χ4n) is 1.88. The van der Waals surface area contributed by atoms with Crippen LogP contribution in [0.4, 0.5) is 11.4 Å². The van der Waals surface area contributed by atoms with E-state index in [-0.39, 0.29) is 5.69 Å². The molecule has 0 unspecified atom stereocenters. The Hall–Kier alpha value is -2.12. The third kappa shape index (κ3) is 1.30. The smallest absolute Gasteiger partial charge is 0.144 e. The highest BCUT2D eigenvalue weighted by molar-refractivity contribution is 7.00. The molecule has 3 rings (SSSR count). The van der Waals surface area contributed by atoms with Crippen molar-refractivity contribution in [1.82, 2.24) is 8.75 Å². The zero-order valence-corrected chi connectivity index (χ0v) is 9.23. The van der Waals surface area contributed by atoms with E-state index in [0.717, 1.165) is 11.7 Å². The van der Waals surface area contributed by atoms with E-state index in [1.807, 2.05) is 6.07 Å². The van der Waals surface area contributed by atoms with Crippen LogP contribution in [0.5, 0.6) is 0 Å². The molecule has 3 aromatic rings. The van der Waals surface area contributed by atoms with Crippen LogP contribution >= 0.6 is 11.7 Å². The van der Waals surface area contributed by atoms with Gasteiger partial charge in [-0.15, -0.1) is 4.91 Å². The Morgan fingerprint density at radius 2 is 1.88 bits per heavy atom. The Morgan fingerprint density at radius 1 is 1.18 bits per heavy atom. The molecule has 2 aromatic carbocycles. The van der Waals surface area contributed by atoms with Gasteiger partial charge in [-0.3, -0.25) is 10.7 Å². The van der Waals surface area contributed by atoms with Gasteiger partial charge in [0, 0.05) is 10.8 Å². The monoisotopic (exact) mass is 246 g/mol. The summed E-state index contributed by atoms with van der Waals surface area (Å²) in [4.78, 5) is 10.9. The summed E-state index contributed by atoms with van der Waals surface area (Å²) in [5, 5.41) is 13.5. The molecule has 0 fully saturated rings. The van der Waals surface area contributed by atoms with Crippen molar-refractivity contribution < 1.29 is 5.21 Å². The molecule has 0 atom stereocenters. The first kappa shape index (κ1) is 10.1. The first-order chi connectivity index (χ1) is 8.36. The van der Waals surface area contributed by atoms with Crippen molar-refractivity contribution in [1.29, 1.82) is 0 Å². The van der Waals surface area contributed by atoms with Crippen LogP contribution in [-0.4, -0.2) is 14.0 Å². The highest BCUT2D eigenvalue weighted by Crippen LogP contribution is 2.39. The Bertz CT molecular complexity index is 725. The third-order valence-corrected chi connectivity index (χ3v) is 3.13. The van der Waals surface area contributed by atoms with E-state index >= 15 is 0 Å². The second-order valence-corrected chi connectivity index (χ2v) is 3.96. The number of nitroso groups, excluding NO2 is 1. The lowest BCUT2D eigenvalue weighted by Gasteiger charge is -2.06. The zero-order valence-electron chi connectivity index (χ0n) is 8.41. The van der Waals surface area contributed by atoms with Gasteiger partial charge in [0.05, 0.1) is 17.4 Å². The minimum absolute atomic E-state index is 0.253. The largest absolute Gasteiger partial charge is 0.291 e. The maximum Gasteiger partial charge on any atom is 0.144 e. The van der Waals surface area contributed by atoms with Crippen molar-refractivity contribution in [3.8, 4) is 0 Å². The van der Waals surface area contributed by atoms with Gasteiger partial charge in [-0.25, -0.2) is 0 Å². The molecule has 1 heterocycles. The molecule has 0 spiro atoms. The summed E-state index contributed by atoms with van der Waals surface area (Å²) < 4.78 is 8.09. The van der Waals surface area contributed by atoms with Gasteiger partial charge in [-0.1, -0.05) is 24.3 Å². The van der Waals surface area contributed by atoms with Crippen LogP contribution < -0.4 is 5.48 Å². The number of benzene rings is 2. The molecule has 0 saturated heterocycles. The molecule has 0 aliphatic carbocycles. The summed E-state index contributed by atoms with van der Waals surface area (Å²) >= 11 is 0.973. The first-order valence-corrected chi connectivity index (χ1v) is 5.50. The number of aromatic nitrogens is 2. The Kier molecular flexibility index (Phi) is 2.20. The molecule has 84 valence electrons. The highest BCUT2D eigenvalue weighted by atomic mass is 32.1. The summed E-state index contributed by atoms with van der Waals surface area (Å²) in [5.74, 6) is 0. The Labute approximate surface area is 99.1 Å². The van der Waals surface area contributed by atoms with Gasteiger partial charge in [-0.2, -0.15) is 8.75 Å². The first-order valence-electron chi connectivity index (χ1n) is 4.77.